The molecule has 1 aromatic carbocycles. The number of piperidine rings is 1. The molecule has 0 bridgehead atoms. The molecule has 0 atom stereocenters. The number of benzene rings is 1. The van der Waals surface area contributed by atoms with Crippen molar-refractivity contribution in [1.29, 1.82) is 0 Å². The minimum absolute atomic E-state index is 0.378. The van der Waals surface area contributed by atoms with Crippen LogP contribution in [0.25, 0.3) is 0 Å². The lowest BCUT2D eigenvalue weighted by Crippen LogP contribution is -2.45. The molecule has 4 rings (SSSR count). The molecule has 3 heterocycles. The summed E-state index contributed by atoms with van der Waals surface area (Å²) in [6.07, 6.45) is 1.70. The average Bonchev–Trinajstić information content (AvgIpc) is 3.05. The van der Waals surface area contributed by atoms with Gasteiger partial charge in [-0.2, -0.15) is 4.98 Å². The number of para-hydroxylation sites is 1. The number of anilines is 3. The van der Waals surface area contributed by atoms with E-state index in [9.17, 15) is 0 Å². The predicted molar refractivity (Wildman–Crippen MR) is 97.6 cm³/mol. The van der Waals surface area contributed by atoms with Crippen LogP contribution in [0.2, 0.25) is 5.02 Å². The summed E-state index contributed by atoms with van der Waals surface area (Å²) < 4.78 is 11.6. The van der Waals surface area contributed by atoms with Crippen LogP contribution in [0.4, 0.5) is 17.5 Å². The third-order valence-corrected chi connectivity index (χ3v) is 4.95. The molecule has 7 heteroatoms. The molecular weight excluding hydrogens is 340 g/mol. The Kier molecular flexibility index (Phi) is 4.50. The molecule has 6 nitrogen and oxygen atoms in total. The second-order valence-corrected chi connectivity index (χ2v) is 6.80. The maximum Gasteiger partial charge on any atom is 0.229 e. The fraction of sp³-hybridized carbons (Fsp3) is 0.444. The smallest absolute Gasteiger partial charge is 0.229 e. The van der Waals surface area contributed by atoms with E-state index in [1.54, 1.807) is 0 Å². The van der Waals surface area contributed by atoms with Crippen LogP contribution in [0.3, 0.4) is 0 Å². The van der Waals surface area contributed by atoms with E-state index in [1.807, 2.05) is 37.3 Å². The van der Waals surface area contributed by atoms with Crippen molar-refractivity contribution in [2.24, 2.45) is 0 Å². The van der Waals surface area contributed by atoms with Crippen molar-refractivity contribution in [3.8, 4) is 0 Å². The number of rotatable bonds is 3. The normalized spacial score (nSPS) is 19.4. The number of aryl methyl sites for hydroxylation is 1. The first kappa shape index (κ1) is 16.6. The van der Waals surface area contributed by atoms with Gasteiger partial charge in [0.1, 0.15) is 5.82 Å². The average molecular weight is 361 g/mol. The summed E-state index contributed by atoms with van der Waals surface area (Å²) in [7, 11) is 0. The zero-order valence-corrected chi connectivity index (χ0v) is 14.9. The van der Waals surface area contributed by atoms with Gasteiger partial charge < -0.3 is 19.7 Å². The highest BCUT2D eigenvalue weighted by Gasteiger charge is 2.40. The maximum atomic E-state index is 6.22. The minimum atomic E-state index is -0.378. The van der Waals surface area contributed by atoms with Gasteiger partial charge in [-0.15, -0.1) is 0 Å². The highest BCUT2D eigenvalue weighted by atomic mass is 35.5. The largest absolute Gasteiger partial charge is 0.356 e. The first-order valence-corrected chi connectivity index (χ1v) is 8.91. The summed E-state index contributed by atoms with van der Waals surface area (Å²) in [6.45, 7) is 5.05. The molecule has 0 unspecified atom stereocenters. The Hall–Kier alpha value is -1.89. The fourth-order valence-electron chi connectivity index (χ4n) is 3.32. The first-order valence-electron chi connectivity index (χ1n) is 8.54. The van der Waals surface area contributed by atoms with Gasteiger partial charge in [0.05, 0.1) is 23.9 Å². The predicted octanol–water partition coefficient (Wildman–Crippen LogP) is 3.53. The van der Waals surface area contributed by atoms with Crippen LogP contribution in [0.5, 0.6) is 0 Å². The zero-order chi connectivity index (χ0) is 17.3. The van der Waals surface area contributed by atoms with Crippen LogP contribution >= 0.6 is 11.6 Å². The molecule has 25 heavy (non-hydrogen) atoms. The molecule has 0 radical (unpaired) electrons. The molecule has 2 saturated heterocycles. The standard InChI is InChI=1S/C18H21ClN4O2/c1-13-12-16(23-8-6-18(7-9-23)24-10-11-25-18)22-17(20-13)21-15-5-3-2-4-14(15)19/h2-5,12H,6-11H2,1H3,(H,20,21,22). The van der Waals surface area contributed by atoms with E-state index < -0.39 is 0 Å². The first-order chi connectivity index (χ1) is 12.1. The summed E-state index contributed by atoms with van der Waals surface area (Å²) in [5.74, 6) is 1.09. The SMILES string of the molecule is Cc1cc(N2CCC3(CC2)OCCO3)nc(Nc2ccccc2Cl)n1. The molecule has 132 valence electrons. The van der Waals surface area contributed by atoms with E-state index in [2.05, 4.69) is 20.2 Å². The van der Waals surface area contributed by atoms with Crippen LogP contribution in [-0.4, -0.2) is 42.1 Å². The lowest BCUT2D eigenvalue weighted by molar-refractivity contribution is -0.169. The molecule has 1 aromatic heterocycles. The molecule has 0 amide bonds. The van der Waals surface area contributed by atoms with E-state index >= 15 is 0 Å². The van der Waals surface area contributed by atoms with Gasteiger partial charge in [-0.05, 0) is 19.1 Å². The Morgan fingerprint density at radius 3 is 2.56 bits per heavy atom. The molecule has 2 aliphatic heterocycles. The molecular formula is C18H21ClN4O2. The fourth-order valence-corrected chi connectivity index (χ4v) is 3.50. The van der Waals surface area contributed by atoms with Crippen molar-refractivity contribution >= 4 is 29.1 Å². The lowest BCUT2D eigenvalue weighted by atomic mass is 10.0. The van der Waals surface area contributed by atoms with Gasteiger partial charge in [-0.3, -0.25) is 0 Å². The van der Waals surface area contributed by atoms with Crippen LogP contribution in [0.15, 0.2) is 30.3 Å². The summed E-state index contributed by atoms with van der Waals surface area (Å²) in [5.41, 5.74) is 1.71. The second kappa shape index (κ2) is 6.78. The van der Waals surface area contributed by atoms with Gasteiger partial charge in [-0.25, -0.2) is 4.98 Å². The molecule has 1 spiro atoms. The van der Waals surface area contributed by atoms with Crippen LogP contribution in [0, 0.1) is 6.92 Å². The van der Waals surface area contributed by atoms with Crippen molar-refractivity contribution in [2.75, 3.05) is 36.5 Å². The van der Waals surface area contributed by atoms with Gasteiger partial charge in [-0.1, -0.05) is 23.7 Å². The van der Waals surface area contributed by atoms with Crippen molar-refractivity contribution in [2.45, 2.75) is 25.6 Å². The number of nitrogens with zero attached hydrogens (tertiary/aromatic N) is 3. The Morgan fingerprint density at radius 2 is 1.84 bits per heavy atom. The number of nitrogens with one attached hydrogen (secondary N) is 1. The van der Waals surface area contributed by atoms with E-state index in [-0.39, 0.29) is 5.79 Å². The maximum absolute atomic E-state index is 6.22. The van der Waals surface area contributed by atoms with E-state index in [0.29, 0.717) is 24.2 Å². The molecule has 2 aliphatic rings. The van der Waals surface area contributed by atoms with E-state index in [0.717, 1.165) is 43.1 Å². The Bertz CT molecular complexity index is 754. The van der Waals surface area contributed by atoms with Crippen molar-refractivity contribution in [3.63, 3.8) is 0 Å². The summed E-state index contributed by atoms with van der Waals surface area (Å²) in [5, 5.41) is 3.85. The summed E-state index contributed by atoms with van der Waals surface area (Å²) in [6, 6.07) is 9.58. The number of hydrogen-bond acceptors (Lipinski definition) is 6. The van der Waals surface area contributed by atoms with Crippen molar-refractivity contribution in [1.82, 2.24) is 9.97 Å². The number of halogens is 1. The van der Waals surface area contributed by atoms with Crippen molar-refractivity contribution < 1.29 is 9.47 Å². The quantitative estimate of drug-likeness (QED) is 0.903. The van der Waals surface area contributed by atoms with E-state index in [4.69, 9.17) is 21.1 Å². The molecule has 2 fully saturated rings. The van der Waals surface area contributed by atoms with Crippen LogP contribution in [-0.2, 0) is 9.47 Å². The minimum Gasteiger partial charge on any atom is -0.356 e. The Balaban J connectivity index is 1.51. The van der Waals surface area contributed by atoms with Gasteiger partial charge in [0.25, 0.3) is 0 Å². The summed E-state index contributed by atoms with van der Waals surface area (Å²) >= 11 is 6.22. The highest BCUT2D eigenvalue weighted by molar-refractivity contribution is 6.33. The molecule has 1 N–H and O–H groups in total. The van der Waals surface area contributed by atoms with Gasteiger partial charge >= 0.3 is 0 Å². The lowest BCUT2D eigenvalue weighted by Gasteiger charge is -2.38. The van der Waals surface area contributed by atoms with E-state index in [1.165, 1.54) is 0 Å². The summed E-state index contributed by atoms with van der Waals surface area (Å²) in [4.78, 5) is 11.4. The van der Waals surface area contributed by atoms with Gasteiger partial charge in [0.15, 0.2) is 5.79 Å². The third kappa shape index (κ3) is 3.56. The Morgan fingerprint density at radius 1 is 1.12 bits per heavy atom. The zero-order valence-electron chi connectivity index (χ0n) is 14.2. The number of hydrogen-bond donors (Lipinski definition) is 1. The third-order valence-electron chi connectivity index (χ3n) is 4.62. The van der Waals surface area contributed by atoms with Crippen molar-refractivity contribution in [3.05, 3.63) is 41.0 Å². The molecule has 0 saturated carbocycles. The topological polar surface area (TPSA) is 59.5 Å². The monoisotopic (exact) mass is 360 g/mol. The van der Waals surface area contributed by atoms with Crippen LogP contribution < -0.4 is 10.2 Å². The molecule has 2 aromatic rings. The number of ether oxygens (including phenoxy) is 2. The molecule has 0 aliphatic carbocycles. The van der Waals surface area contributed by atoms with Crippen LogP contribution in [0.1, 0.15) is 18.5 Å². The second-order valence-electron chi connectivity index (χ2n) is 6.39. The Labute approximate surface area is 152 Å². The number of aromatic nitrogens is 2. The van der Waals surface area contributed by atoms with Gasteiger partial charge in [0.2, 0.25) is 5.95 Å². The highest BCUT2D eigenvalue weighted by Crippen LogP contribution is 2.33. The van der Waals surface area contributed by atoms with Gasteiger partial charge in [0, 0.05) is 37.7 Å².